The van der Waals surface area contributed by atoms with Crippen LogP contribution in [-0.2, 0) is 12.6 Å². The average Bonchev–Trinajstić information content (AvgIpc) is 2.93. The molecule has 1 aliphatic heterocycles. The van der Waals surface area contributed by atoms with Gasteiger partial charge in [0.1, 0.15) is 22.4 Å². The third-order valence-corrected chi connectivity index (χ3v) is 5.00. The van der Waals surface area contributed by atoms with Gasteiger partial charge in [-0.25, -0.2) is 0 Å². The van der Waals surface area contributed by atoms with Crippen molar-refractivity contribution < 1.29 is 32.4 Å². The molecule has 0 spiro atoms. The first-order chi connectivity index (χ1) is 14.4. The normalized spacial score (nSPS) is 14.5. The second kappa shape index (κ2) is 9.06. The van der Waals surface area contributed by atoms with Crippen molar-refractivity contribution >= 4 is 46.4 Å². The molecular weight excluding hydrogens is 503 g/mol. The van der Waals surface area contributed by atoms with Crippen molar-refractivity contribution in [1.29, 1.82) is 0 Å². The van der Waals surface area contributed by atoms with Crippen LogP contribution in [-0.4, -0.2) is 12.2 Å². The van der Waals surface area contributed by atoms with E-state index in [1.54, 1.807) is 13.8 Å². The van der Waals surface area contributed by atoms with Crippen LogP contribution in [0.5, 0.6) is 23.0 Å². The highest BCUT2D eigenvalue weighted by Crippen LogP contribution is 2.46. The van der Waals surface area contributed by atoms with Gasteiger partial charge in [0.2, 0.25) is 11.5 Å². The molecule has 0 amide bonds. The maximum Gasteiger partial charge on any atom is 0.416 e. The van der Waals surface area contributed by atoms with E-state index in [-0.39, 0.29) is 44.8 Å². The fraction of sp³-hybridized carbons (Fsp3) is 0.300. The van der Waals surface area contributed by atoms with Crippen LogP contribution in [0.15, 0.2) is 34.8 Å². The number of rotatable bonds is 6. The van der Waals surface area contributed by atoms with Gasteiger partial charge in [-0.1, -0.05) is 46.4 Å². The van der Waals surface area contributed by atoms with Crippen molar-refractivity contribution in [2.24, 2.45) is 0 Å². The van der Waals surface area contributed by atoms with Crippen molar-refractivity contribution in [2.45, 2.75) is 32.0 Å². The Morgan fingerprint density at radius 2 is 1.74 bits per heavy atom. The predicted octanol–water partition coefficient (Wildman–Crippen LogP) is 7.80. The maximum absolute atomic E-state index is 13.3. The average molecular weight is 518 g/mol. The molecule has 0 saturated heterocycles. The molecule has 0 radical (unpaired) electrons. The fourth-order valence-corrected chi connectivity index (χ4v) is 3.55. The molecule has 0 unspecified atom stereocenters. The number of hydrogen-bond acceptors (Lipinski definition) is 4. The second-order valence-corrected chi connectivity index (χ2v) is 9.01. The van der Waals surface area contributed by atoms with E-state index in [1.165, 1.54) is 18.2 Å². The van der Waals surface area contributed by atoms with E-state index < -0.39 is 17.3 Å². The molecule has 168 valence electrons. The minimum atomic E-state index is -4.57. The molecule has 3 rings (SSSR count). The van der Waals surface area contributed by atoms with Gasteiger partial charge in [-0.15, -0.1) is 0 Å². The summed E-state index contributed by atoms with van der Waals surface area (Å²) in [6.45, 7) is 3.57. The minimum Gasteiger partial charge on any atom is -0.489 e. The van der Waals surface area contributed by atoms with Crippen LogP contribution in [0.25, 0.3) is 0 Å². The molecule has 0 bridgehead atoms. The maximum atomic E-state index is 13.3. The molecule has 1 aliphatic rings. The van der Waals surface area contributed by atoms with Gasteiger partial charge in [-0.2, -0.15) is 13.2 Å². The van der Waals surface area contributed by atoms with Crippen LogP contribution >= 0.6 is 46.4 Å². The second-order valence-electron chi connectivity index (χ2n) is 7.19. The van der Waals surface area contributed by atoms with Gasteiger partial charge in [0.25, 0.3) is 0 Å². The number of fused-ring (bicyclic) bond motifs is 1. The van der Waals surface area contributed by atoms with Crippen molar-refractivity contribution in [3.8, 4) is 23.0 Å². The molecule has 0 saturated carbocycles. The quantitative estimate of drug-likeness (QED) is 0.289. The smallest absolute Gasteiger partial charge is 0.416 e. The zero-order valence-electron chi connectivity index (χ0n) is 16.1. The summed E-state index contributed by atoms with van der Waals surface area (Å²) in [5.41, 5.74) is -1.23. The van der Waals surface area contributed by atoms with Gasteiger partial charge in [0.05, 0.1) is 15.6 Å². The molecule has 2 aromatic carbocycles. The van der Waals surface area contributed by atoms with E-state index in [9.17, 15) is 13.2 Å². The summed E-state index contributed by atoms with van der Waals surface area (Å²) >= 11 is 23.3. The van der Waals surface area contributed by atoms with Gasteiger partial charge in [-0.05, 0) is 26.0 Å². The first-order valence-corrected chi connectivity index (χ1v) is 10.3. The van der Waals surface area contributed by atoms with E-state index in [2.05, 4.69) is 0 Å². The lowest BCUT2D eigenvalue weighted by atomic mass is 10.00. The first-order valence-electron chi connectivity index (χ1n) is 8.76. The minimum absolute atomic E-state index is 0.00770. The summed E-state index contributed by atoms with van der Waals surface area (Å²) in [6, 6.07) is 4.60. The Kier molecular flexibility index (Phi) is 7.01. The largest absolute Gasteiger partial charge is 0.489 e. The first kappa shape index (κ1) is 24.0. The Balaban J connectivity index is 1.84. The lowest BCUT2D eigenvalue weighted by molar-refractivity contribution is -0.138. The third kappa shape index (κ3) is 5.98. The van der Waals surface area contributed by atoms with Crippen LogP contribution in [0.1, 0.15) is 25.0 Å². The molecule has 0 aliphatic carbocycles. The topological polar surface area (TPSA) is 36.9 Å². The highest BCUT2D eigenvalue weighted by Gasteiger charge is 2.38. The molecule has 4 nitrogen and oxygen atoms in total. The van der Waals surface area contributed by atoms with Crippen LogP contribution in [0.3, 0.4) is 0 Å². The van der Waals surface area contributed by atoms with Gasteiger partial charge >= 0.3 is 6.18 Å². The van der Waals surface area contributed by atoms with E-state index in [0.29, 0.717) is 11.3 Å². The van der Waals surface area contributed by atoms with Crippen LogP contribution < -0.4 is 19.2 Å². The van der Waals surface area contributed by atoms with E-state index in [0.717, 1.165) is 12.1 Å². The molecule has 31 heavy (non-hydrogen) atoms. The van der Waals surface area contributed by atoms with E-state index >= 15 is 0 Å². The van der Waals surface area contributed by atoms with Gasteiger partial charge in [0, 0.05) is 30.2 Å². The van der Waals surface area contributed by atoms with Crippen LogP contribution in [0.2, 0.25) is 10.0 Å². The van der Waals surface area contributed by atoms with Crippen LogP contribution in [0, 0.1) is 0 Å². The van der Waals surface area contributed by atoms with Gasteiger partial charge < -0.3 is 9.47 Å². The zero-order chi connectivity index (χ0) is 23.0. The summed E-state index contributed by atoms with van der Waals surface area (Å²) in [5.74, 6) is 0.0999. The number of benzene rings is 2. The van der Waals surface area contributed by atoms with Crippen LogP contribution in [0.4, 0.5) is 13.2 Å². The fourth-order valence-electron chi connectivity index (χ4n) is 2.89. The summed E-state index contributed by atoms with van der Waals surface area (Å²) < 4.78 is 51.1. The molecule has 0 N–H and O–H groups in total. The predicted molar refractivity (Wildman–Crippen MR) is 113 cm³/mol. The summed E-state index contributed by atoms with van der Waals surface area (Å²) in [5, 5.41) is 0.0154. The Bertz CT molecular complexity index is 995. The molecule has 2 aromatic rings. The SMILES string of the molecule is CC1(C)Cc2cc(C(F)(F)F)cc(OOc3c(Cl)cc(OCC=C(Cl)Cl)cc3Cl)c2O1. The van der Waals surface area contributed by atoms with E-state index in [1.807, 2.05) is 0 Å². The lowest BCUT2D eigenvalue weighted by Crippen LogP contribution is -2.24. The number of alkyl halides is 3. The Morgan fingerprint density at radius 3 is 2.32 bits per heavy atom. The molecule has 0 atom stereocenters. The zero-order valence-corrected chi connectivity index (χ0v) is 19.1. The number of ether oxygens (including phenoxy) is 2. The Morgan fingerprint density at radius 1 is 1.10 bits per heavy atom. The van der Waals surface area contributed by atoms with E-state index in [4.69, 9.17) is 65.7 Å². The number of halogens is 7. The molecule has 11 heteroatoms. The third-order valence-electron chi connectivity index (χ3n) is 4.13. The van der Waals surface area contributed by atoms with Gasteiger partial charge in [0.15, 0.2) is 5.75 Å². The summed E-state index contributed by atoms with van der Waals surface area (Å²) in [4.78, 5) is 10.4. The molecular formula is C20H15Cl4F3O4. The highest BCUT2D eigenvalue weighted by molar-refractivity contribution is 6.55. The number of hydrogen-bond donors (Lipinski definition) is 0. The van der Waals surface area contributed by atoms with Crippen molar-refractivity contribution in [1.82, 2.24) is 0 Å². The monoisotopic (exact) mass is 516 g/mol. The van der Waals surface area contributed by atoms with Crippen molar-refractivity contribution in [3.63, 3.8) is 0 Å². The van der Waals surface area contributed by atoms with Crippen molar-refractivity contribution in [2.75, 3.05) is 6.61 Å². The van der Waals surface area contributed by atoms with Gasteiger partial charge in [-0.3, -0.25) is 9.78 Å². The summed E-state index contributed by atoms with van der Waals surface area (Å²) in [6.07, 6.45) is -2.89. The summed E-state index contributed by atoms with van der Waals surface area (Å²) in [7, 11) is 0. The Hall–Kier alpha value is -1.67. The highest BCUT2D eigenvalue weighted by atomic mass is 35.5. The standard InChI is InChI=1S/C20H15Cl4F3O4/c1-19(2)9-10-5-11(20(25,26)27)6-15(17(10)29-19)30-31-18-13(21)7-12(8-14(18)22)28-4-3-16(23)24/h3,5-8H,4,9H2,1-2H3. The lowest BCUT2D eigenvalue weighted by Gasteiger charge is -2.18. The van der Waals surface area contributed by atoms with Crippen molar-refractivity contribution in [3.05, 3.63) is 56.0 Å². The Labute approximate surface area is 196 Å². The molecule has 0 aromatic heterocycles. The molecule has 1 heterocycles. The molecule has 0 fully saturated rings.